The van der Waals surface area contributed by atoms with Crippen molar-refractivity contribution < 1.29 is 13.9 Å². The van der Waals surface area contributed by atoms with Crippen LogP contribution in [-0.4, -0.2) is 11.0 Å². The van der Waals surface area contributed by atoms with Gasteiger partial charge in [-0.25, -0.2) is 0 Å². The Hall–Kier alpha value is -3.15. The first kappa shape index (κ1) is 14.4. The molecule has 1 aliphatic heterocycles. The number of rotatable bonds is 1. The zero-order valence-electron chi connectivity index (χ0n) is 12.8. The van der Waals surface area contributed by atoms with Gasteiger partial charge in [0.2, 0.25) is 0 Å². The predicted molar refractivity (Wildman–Crippen MR) is 86.4 cm³/mol. The van der Waals surface area contributed by atoms with Crippen LogP contribution >= 0.6 is 0 Å². The highest BCUT2D eigenvalue weighted by molar-refractivity contribution is 5.80. The molecule has 6 heteroatoms. The van der Waals surface area contributed by atoms with Crippen molar-refractivity contribution in [2.24, 2.45) is 0 Å². The molecule has 1 atom stereocenters. The monoisotopic (exact) mass is 323 g/mol. The fraction of sp³-hybridized carbons (Fsp3) is 0.167. The van der Waals surface area contributed by atoms with Crippen LogP contribution in [0.5, 0.6) is 5.75 Å². The number of para-hydroxylation sites is 1. The summed E-state index contributed by atoms with van der Waals surface area (Å²) in [5, 5.41) is 0.416. The lowest BCUT2D eigenvalue weighted by atomic mass is 9.87. The van der Waals surface area contributed by atoms with E-state index >= 15 is 0 Å². The quantitative estimate of drug-likeness (QED) is 0.694. The maximum atomic E-state index is 12.8. The second-order valence-electron chi connectivity index (χ2n) is 5.81. The Kier molecular flexibility index (Phi) is 3.13. The average molecular weight is 323 g/mol. The van der Waals surface area contributed by atoms with Crippen LogP contribution in [0.2, 0.25) is 0 Å². The fourth-order valence-corrected chi connectivity index (χ4v) is 3.12. The third-order valence-electron chi connectivity index (χ3n) is 4.19. The molecule has 4 rings (SSSR count). The highest BCUT2D eigenvalue weighted by Gasteiger charge is 2.33. The van der Waals surface area contributed by atoms with Crippen LogP contribution in [-0.2, 0) is 4.79 Å². The van der Waals surface area contributed by atoms with Gasteiger partial charge < -0.3 is 14.1 Å². The first-order chi connectivity index (χ1) is 11.5. The predicted octanol–water partition coefficient (Wildman–Crippen LogP) is 2.23. The van der Waals surface area contributed by atoms with Crippen molar-refractivity contribution in [1.82, 2.24) is 4.98 Å². The number of hydrogen-bond acceptors (Lipinski definition) is 5. The first-order valence-corrected chi connectivity index (χ1v) is 7.49. The van der Waals surface area contributed by atoms with Gasteiger partial charge in [-0.05, 0) is 19.1 Å². The Morgan fingerprint density at radius 3 is 2.79 bits per heavy atom. The number of nitrogens with one attached hydrogen (secondary N) is 1. The molecule has 3 aromatic rings. The number of H-pyrrole nitrogens is 1. The largest absolute Gasteiger partial charge is 0.464 e. The van der Waals surface area contributed by atoms with Crippen molar-refractivity contribution in [3.63, 3.8) is 0 Å². The highest BCUT2D eigenvalue weighted by atomic mass is 16.5. The molecule has 0 saturated carbocycles. The molecule has 0 amide bonds. The summed E-state index contributed by atoms with van der Waals surface area (Å²) in [5.41, 5.74) is 0.988. The van der Waals surface area contributed by atoms with Crippen LogP contribution in [0.3, 0.4) is 0 Å². The molecule has 0 spiro atoms. The van der Waals surface area contributed by atoms with Crippen LogP contribution < -0.4 is 15.7 Å². The van der Waals surface area contributed by atoms with Gasteiger partial charge in [-0.2, -0.15) is 0 Å². The molecule has 1 N–H and O–H groups in total. The molecular formula is C18H13NO5. The summed E-state index contributed by atoms with van der Waals surface area (Å²) in [6, 6.07) is 8.45. The van der Waals surface area contributed by atoms with Gasteiger partial charge in [0.15, 0.2) is 5.43 Å². The second kappa shape index (κ2) is 5.19. The van der Waals surface area contributed by atoms with Crippen molar-refractivity contribution in [2.75, 3.05) is 0 Å². The van der Waals surface area contributed by atoms with Crippen LogP contribution in [0, 0.1) is 6.92 Å². The minimum absolute atomic E-state index is 0.0811. The van der Waals surface area contributed by atoms with E-state index in [2.05, 4.69) is 4.98 Å². The van der Waals surface area contributed by atoms with Crippen molar-refractivity contribution >= 4 is 16.9 Å². The van der Waals surface area contributed by atoms with Gasteiger partial charge in [-0.15, -0.1) is 0 Å². The van der Waals surface area contributed by atoms with E-state index in [0.29, 0.717) is 16.7 Å². The lowest BCUT2D eigenvalue weighted by molar-refractivity contribution is -0.135. The number of fused-ring (bicyclic) bond motifs is 2. The summed E-state index contributed by atoms with van der Waals surface area (Å²) in [6.45, 7) is 1.70. The molecule has 120 valence electrons. The van der Waals surface area contributed by atoms with Gasteiger partial charge in [0, 0.05) is 23.2 Å². The van der Waals surface area contributed by atoms with E-state index in [0.717, 1.165) is 0 Å². The summed E-state index contributed by atoms with van der Waals surface area (Å²) < 4.78 is 10.7. The number of aromatic nitrogens is 1. The average Bonchev–Trinajstić information content (AvgIpc) is 2.54. The molecule has 0 bridgehead atoms. The van der Waals surface area contributed by atoms with Gasteiger partial charge in [0.05, 0.1) is 23.6 Å². The minimum Gasteiger partial charge on any atom is -0.464 e. The summed E-state index contributed by atoms with van der Waals surface area (Å²) in [7, 11) is 0. The Bertz CT molecular complexity index is 1090. The van der Waals surface area contributed by atoms with Crippen LogP contribution in [0.4, 0.5) is 0 Å². The van der Waals surface area contributed by atoms with Gasteiger partial charge in [-0.3, -0.25) is 14.4 Å². The summed E-state index contributed by atoms with van der Waals surface area (Å²) in [4.78, 5) is 39.8. The topological polar surface area (TPSA) is 89.4 Å². The van der Waals surface area contributed by atoms with Gasteiger partial charge in [-0.1, -0.05) is 12.1 Å². The standard InChI is InChI=1S/C18H13NO5/c1-9-6-14-16(18(22)19-9)11(7-15(20)24-14)12-8-23-13-5-3-2-4-10(13)17(12)21/h2-6,8,11H,7H2,1H3,(H,19,22). The number of aromatic amines is 1. The van der Waals surface area contributed by atoms with Crippen molar-refractivity contribution in [2.45, 2.75) is 19.3 Å². The van der Waals surface area contributed by atoms with Gasteiger partial charge >= 0.3 is 5.97 Å². The first-order valence-electron chi connectivity index (χ1n) is 7.49. The number of hydrogen-bond donors (Lipinski definition) is 1. The molecule has 0 radical (unpaired) electrons. The van der Waals surface area contributed by atoms with E-state index in [1.54, 1.807) is 37.3 Å². The molecule has 0 fully saturated rings. The number of esters is 1. The van der Waals surface area contributed by atoms with E-state index < -0.39 is 11.9 Å². The van der Waals surface area contributed by atoms with Crippen LogP contribution in [0.1, 0.15) is 29.2 Å². The molecule has 1 aliphatic rings. The lowest BCUT2D eigenvalue weighted by Gasteiger charge is -2.23. The van der Waals surface area contributed by atoms with E-state index in [1.165, 1.54) is 6.26 Å². The molecule has 1 aromatic carbocycles. The van der Waals surface area contributed by atoms with E-state index in [-0.39, 0.29) is 34.3 Å². The molecular weight excluding hydrogens is 310 g/mol. The fourth-order valence-electron chi connectivity index (χ4n) is 3.12. The number of benzene rings is 1. The van der Waals surface area contributed by atoms with Crippen molar-refractivity contribution in [3.05, 3.63) is 74.0 Å². The smallest absolute Gasteiger partial charge is 0.312 e. The van der Waals surface area contributed by atoms with Crippen LogP contribution in [0.15, 0.2) is 50.6 Å². The highest BCUT2D eigenvalue weighted by Crippen LogP contribution is 2.35. The van der Waals surface area contributed by atoms with Gasteiger partial charge in [0.25, 0.3) is 5.56 Å². The maximum absolute atomic E-state index is 12.8. The molecule has 0 aliphatic carbocycles. The summed E-state index contributed by atoms with van der Waals surface area (Å²) in [6.07, 6.45) is 1.25. The Morgan fingerprint density at radius 2 is 1.96 bits per heavy atom. The molecule has 1 unspecified atom stereocenters. The van der Waals surface area contributed by atoms with Gasteiger partial charge in [0.1, 0.15) is 11.3 Å². The van der Waals surface area contributed by atoms with E-state index in [1.807, 2.05) is 0 Å². The van der Waals surface area contributed by atoms with E-state index in [4.69, 9.17) is 9.15 Å². The summed E-state index contributed by atoms with van der Waals surface area (Å²) in [5.74, 6) is -0.971. The second-order valence-corrected chi connectivity index (χ2v) is 5.81. The SMILES string of the molecule is Cc1cc2c(c(=O)[nH]1)C(c1coc3ccccc3c1=O)CC(=O)O2. The number of pyridine rings is 1. The molecule has 3 heterocycles. The molecule has 2 aromatic heterocycles. The van der Waals surface area contributed by atoms with E-state index in [9.17, 15) is 14.4 Å². The number of aryl methyl sites for hydroxylation is 1. The minimum atomic E-state index is -0.688. The Morgan fingerprint density at radius 1 is 1.17 bits per heavy atom. The number of carbonyl (C=O) groups is 1. The summed E-state index contributed by atoms with van der Waals surface area (Å²) >= 11 is 0. The Labute approximate surface area is 135 Å². The molecule has 0 saturated heterocycles. The van der Waals surface area contributed by atoms with Crippen molar-refractivity contribution in [3.8, 4) is 5.75 Å². The zero-order chi connectivity index (χ0) is 16.8. The zero-order valence-corrected chi connectivity index (χ0v) is 12.8. The Balaban J connectivity index is 1.99. The lowest BCUT2D eigenvalue weighted by Crippen LogP contribution is -2.30. The third-order valence-corrected chi connectivity index (χ3v) is 4.19. The van der Waals surface area contributed by atoms with Crippen molar-refractivity contribution in [1.29, 1.82) is 0 Å². The van der Waals surface area contributed by atoms with Crippen LogP contribution in [0.25, 0.3) is 11.0 Å². The molecule has 24 heavy (non-hydrogen) atoms. The number of ether oxygens (including phenoxy) is 1. The number of carbonyl (C=O) groups excluding carboxylic acids is 1. The normalized spacial score (nSPS) is 16.7. The maximum Gasteiger partial charge on any atom is 0.312 e. The third kappa shape index (κ3) is 2.15. The molecule has 6 nitrogen and oxygen atoms in total.